The number of rotatable bonds is 9. The number of ether oxygens (including phenoxy) is 2. The second-order valence-corrected chi connectivity index (χ2v) is 4.02. The van der Waals surface area contributed by atoms with Crippen LogP contribution in [0.15, 0.2) is 35.6 Å². The number of hydrogen-bond donors (Lipinski definition) is 1. The Kier molecular flexibility index (Phi) is 8.87. The number of halogens is 2. The molecular weight excluding hydrogens is 286 g/mol. The largest absolute Gasteiger partial charge is 0.493 e. The van der Waals surface area contributed by atoms with Gasteiger partial charge in [-0.15, -0.1) is 0 Å². The lowest BCUT2D eigenvalue weighted by Crippen LogP contribution is -2.19. The van der Waals surface area contributed by atoms with Gasteiger partial charge in [0.15, 0.2) is 0 Å². The average Bonchev–Trinajstić information content (AvgIpc) is 2.48. The van der Waals surface area contributed by atoms with Gasteiger partial charge in [0, 0.05) is 6.42 Å². The van der Waals surface area contributed by atoms with Crippen molar-refractivity contribution in [3.63, 3.8) is 0 Å². The summed E-state index contributed by atoms with van der Waals surface area (Å²) in [6.45, 7) is 4.67. The first-order valence-corrected chi connectivity index (χ1v) is 6.04. The van der Waals surface area contributed by atoms with Gasteiger partial charge in [0.05, 0.1) is 13.7 Å². The third-order valence-electron chi connectivity index (χ3n) is 2.38. The molecule has 0 aromatic carbocycles. The van der Waals surface area contributed by atoms with Crippen molar-refractivity contribution in [2.75, 3.05) is 13.7 Å². The van der Waals surface area contributed by atoms with Crippen molar-refractivity contribution >= 4 is 12.3 Å². The molecule has 7 heteroatoms. The van der Waals surface area contributed by atoms with Gasteiger partial charge in [0.25, 0.3) is 6.43 Å². The molecule has 0 spiro atoms. The van der Waals surface area contributed by atoms with Gasteiger partial charge in [-0.2, -0.15) is 0 Å². The standard InChI is InChI=1S/C14H18F2O5/c1-4-12(21-6-5-11(18)13(15)16)10(14(19)20-3)7-9(2)8-17/h4,7-8,11,13,18H,1,5-6H2,2-3H3/b9-7+,12-10-. The molecule has 118 valence electrons. The van der Waals surface area contributed by atoms with Crippen LogP contribution in [0.2, 0.25) is 0 Å². The zero-order chi connectivity index (χ0) is 16.4. The molecule has 1 unspecified atom stereocenters. The molecule has 0 radical (unpaired) electrons. The SMILES string of the molecule is C=C/C(OCCC(O)C(F)F)=C(\C=C(/C)C=O)C(=O)OC. The molecule has 0 amide bonds. The first kappa shape index (κ1) is 19.0. The summed E-state index contributed by atoms with van der Waals surface area (Å²) in [5.41, 5.74) is 0.176. The van der Waals surface area contributed by atoms with Crippen LogP contribution in [0, 0.1) is 0 Å². The molecule has 0 aliphatic heterocycles. The fourth-order valence-corrected chi connectivity index (χ4v) is 1.26. The summed E-state index contributed by atoms with van der Waals surface area (Å²) in [6, 6.07) is 0. The molecule has 0 fully saturated rings. The topological polar surface area (TPSA) is 72.8 Å². The molecule has 0 aromatic rings. The first-order valence-electron chi connectivity index (χ1n) is 6.04. The highest BCUT2D eigenvalue weighted by molar-refractivity contribution is 5.94. The van der Waals surface area contributed by atoms with Crippen molar-refractivity contribution in [2.45, 2.75) is 25.9 Å². The monoisotopic (exact) mass is 304 g/mol. The van der Waals surface area contributed by atoms with Crippen LogP contribution < -0.4 is 0 Å². The van der Waals surface area contributed by atoms with E-state index in [-0.39, 0.29) is 29.9 Å². The molecule has 0 heterocycles. The van der Waals surface area contributed by atoms with E-state index in [1.54, 1.807) is 0 Å². The van der Waals surface area contributed by atoms with E-state index in [1.807, 2.05) is 0 Å². The van der Waals surface area contributed by atoms with Gasteiger partial charge in [-0.25, -0.2) is 13.6 Å². The van der Waals surface area contributed by atoms with Crippen LogP contribution in [-0.2, 0) is 19.1 Å². The summed E-state index contributed by atoms with van der Waals surface area (Å²) in [7, 11) is 1.15. The van der Waals surface area contributed by atoms with Crippen molar-refractivity contribution in [1.82, 2.24) is 0 Å². The van der Waals surface area contributed by atoms with Crippen molar-refractivity contribution in [1.29, 1.82) is 0 Å². The van der Waals surface area contributed by atoms with Crippen molar-refractivity contribution in [3.8, 4) is 0 Å². The fraction of sp³-hybridized carbons (Fsp3) is 0.429. The number of allylic oxidation sites excluding steroid dienone is 2. The third kappa shape index (κ3) is 6.80. The van der Waals surface area contributed by atoms with Crippen molar-refractivity contribution in [3.05, 3.63) is 35.6 Å². The number of hydrogen-bond acceptors (Lipinski definition) is 5. The molecule has 0 aliphatic rings. The van der Waals surface area contributed by atoms with Gasteiger partial charge in [0.2, 0.25) is 0 Å². The molecule has 0 aliphatic carbocycles. The Labute approximate surface area is 121 Å². The van der Waals surface area contributed by atoms with E-state index in [0.717, 1.165) is 7.11 Å². The minimum Gasteiger partial charge on any atom is -0.493 e. The number of carbonyl (C=O) groups is 2. The van der Waals surface area contributed by atoms with E-state index in [2.05, 4.69) is 11.3 Å². The molecule has 0 saturated carbocycles. The minimum atomic E-state index is -2.87. The fourth-order valence-electron chi connectivity index (χ4n) is 1.26. The predicted molar refractivity (Wildman–Crippen MR) is 71.6 cm³/mol. The molecule has 0 bridgehead atoms. The van der Waals surface area contributed by atoms with Crippen LogP contribution >= 0.6 is 0 Å². The number of alkyl halides is 2. The van der Waals surface area contributed by atoms with Gasteiger partial charge >= 0.3 is 5.97 Å². The van der Waals surface area contributed by atoms with Gasteiger partial charge in [-0.05, 0) is 24.6 Å². The molecule has 21 heavy (non-hydrogen) atoms. The normalized spacial score (nSPS) is 14.3. The van der Waals surface area contributed by atoms with Gasteiger partial charge in [0.1, 0.15) is 23.7 Å². The number of methoxy groups -OCH3 is 1. The molecule has 1 atom stereocenters. The average molecular weight is 304 g/mol. The number of aliphatic hydroxyl groups excluding tert-OH is 1. The second-order valence-electron chi connectivity index (χ2n) is 4.02. The first-order chi connectivity index (χ1) is 9.87. The van der Waals surface area contributed by atoms with E-state index in [9.17, 15) is 18.4 Å². The van der Waals surface area contributed by atoms with E-state index >= 15 is 0 Å². The van der Waals surface area contributed by atoms with Crippen LogP contribution in [0.1, 0.15) is 13.3 Å². The Hall–Kier alpha value is -2.02. The summed E-state index contributed by atoms with van der Waals surface area (Å²) in [4.78, 5) is 22.2. The summed E-state index contributed by atoms with van der Waals surface area (Å²) < 4.78 is 34.0. The zero-order valence-corrected chi connectivity index (χ0v) is 11.8. The molecule has 0 aromatic heterocycles. The third-order valence-corrected chi connectivity index (χ3v) is 2.38. The summed E-state index contributed by atoms with van der Waals surface area (Å²) in [6.07, 6.45) is -2.05. The van der Waals surface area contributed by atoms with Crippen LogP contribution in [0.5, 0.6) is 0 Å². The molecule has 5 nitrogen and oxygen atoms in total. The quantitative estimate of drug-likeness (QED) is 0.231. The van der Waals surface area contributed by atoms with Crippen LogP contribution in [0.3, 0.4) is 0 Å². The number of aldehydes is 1. The van der Waals surface area contributed by atoms with Crippen molar-refractivity contribution < 1.29 is 33.0 Å². The van der Waals surface area contributed by atoms with E-state index in [4.69, 9.17) is 9.84 Å². The molecule has 1 N–H and O–H groups in total. The van der Waals surface area contributed by atoms with Gasteiger partial charge < -0.3 is 14.6 Å². The summed E-state index contributed by atoms with van der Waals surface area (Å²) in [5.74, 6) is -0.787. The number of carbonyl (C=O) groups excluding carboxylic acids is 2. The van der Waals surface area contributed by atoms with E-state index in [0.29, 0.717) is 6.29 Å². The zero-order valence-electron chi connectivity index (χ0n) is 11.8. The highest BCUT2D eigenvalue weighted by Crippen LogP contribution is 2.15. The Bertz CT molecular complexity index is 441. The second kappa shape index (κ2) is 9.82. The maximum absolute atomic E-state index is 12.1. The molecule has 0 saturated heterocycles. The van der Waals surface area contributed by atoms with Crippen LogP contribution in [0.25, 0.3) is 0 Å². The Morgan fingerprint density at radius 3 is 2.48 bits per heavy atom. The maximum atomic E-state index is 12.1. The number of aliphatic hydroxyl groups is 1. The summed E-state index contributed by atoms with van der Waals surface area (Å²) in [5, 5.41) is 8.97. The number of esters is 1. The predicted octanol–water partition coefficient (Wildman–Crippen LogP) is 1.78. The Morgan fingerprint density at radius 2 is 2.05 bits per heavy atom. The van der Waals surface area contributed by atoms with Gasteiger partial charge in [-0.1, -0.05) is 6.58 Å². The van der Waals surface area contributed by atoms with Crippen LogP contribution in [0.4, 0.5) is 8.78 Å². The molecular formula is C14H18F2O5. The lowest BCUT2D eigenvalue weighted by atomic mass is 10.1. The highest BCUT2D eigenvalue weighted by Gasteiger charge is 2.18. The van der Waals surface area contributed by atoms with Crippen LogP contribution in [-0.4, -0.2) is 43.6 Å². The lowest BCUT2D eigenvalue weighted by Gasteiger charge is -2.13. The highest BCUT2D eigenvalue weighted by atomic mass is 19.3. The lowest BCUT2D eigenvalue weighted by molar-refractivity contribution is -0.136. The molecule has 0 rings (SSSR count). The Balaban J connectivity index is 5.12. The summed E-state index contributed by atoms with van der Waals surface area (Å²) >= 11 is 0. The van der Waals surface area contributed by atoms with Gasteiger partial charge in [-0.3, -0.25) is 4.79 Å². The van der Waals surface area contributed by atoms with E-state index in [1.165, 1.54) is 19.1 Å². The van der Waals surface area contributed by atoms with Crippen molar-refractivity contribution in [2.24, 2.45) is 0 Å². The van der Waals surface area contributed by atoms with E-state index < -0.39 is 18.5 Å². The minimum absolute atomic E-state index is 0.0236. The maximum Gasteiger partial charge on any atom is 0.341 e. The Morgan fingerprint density at radius 1 is 1.43 bits per heavy atom. The smallest absolute Gasteiger partial charge is 0.341 e.